The molecule has 10 heteroatoms. The summed E-state index contributed by atoms with van der Waals surface area (Å²) in [6.45, 7) is 5.15. The fraction of sp³-hybridized carbons (Fsp3) is 0.409. The Hall–Kier alpha value is -2.24. The standard InChI is InChI=1S/C22H27N3O5S2/c1-17-4-3-5-18(14-17)29-13-8-23(2)16-25-20-15-19(6-7-21(20)30-22(25)31)32(26,27)24-9-11-28-12-10-24/h3-7,14-15H,8-13,16H2,1-2H3. The second-order valence-corrected chi connectivity index (χ2v) is 10.1. The largest absolute Gasteiger partial charge is 0.492 e. The van der Waals surface area contributed by atoms with Crippen LogP contribution in [0.5, 0.6) is 5.75 Å². The molecule has 2 heterocycles. The highest BCUT2D eigenvalue weighted by Crippen LogP contribution is 2.24. The van der Waals surface area contributed by atoms with Crippen LogP contribution >= 0.6 is 12.2 Å². The van der Waals surface area contributed by atoms with E-state index in [9.17, 15) is 8.42 Å². The SMILES string of the molecule is Cc1cccc(OCCN(C)Cn2c(=S)oc3ccc(S(=O)(=O)N4CCOCC4)cc32)c1. The van der Waals surface area contributed by atoms with Crippen molar-refractivity contribution in [1.82, 2.24) is 13.8 Å². The lowest BCUT2D eigenvalue weighted by Gasteiger charge is -2.26. The molecule has 1 aliphatic heterocycles. The van der Waals surface area contributed by atoms with Crippen molar-refractivity contribution < 1.29 is 22.3 Å². The molecule has 1 aromatic heterocycles. The third kappa shape index (κ3) is 5.05. The number of morpholine rings is 1. The predicted molar refractivity (Wildman–Crippen MR) is 124 cm³/mol. The van der Waals surface area contributed by atoms with Crippen molar-refractivity contribution in [3.63, 3.8) is 0 Å². The Bertz CT molecular complexity index is 1250. The van der Waals surface area contributed by atoms with E-state index in [1.165, 1.54) is 4.31 Å². The van der Waals surface area contributed by atoms with Gasteiger partial charge in [0.1, 0.15) is 12.4 Å². The molecule has 0 aliphatic carbocycles. The Morgan fingerprint density at radius 3 is 2.69 bits per heavy atom. The van der Waals surface area contributed by atoms with Crippen molar-refractivity contribution in [2.75, 3.05) is 46.5 Å². The van der Waals surface area contributed by atoms with E-state index >= 15 is 0 Å². The molecular weight excluding hydrogens is 450 g/mol. The van der Waals surface area contributed by atoms with Crippen LogP contribution in [0, 0.1) is 11.8 Å². The maximum Gasteiger partial charge on any atom is 0.270 e. The first-order chi connectivity index (χ1) is 15.3. The predicted octanol–water partition coefficient (Wildman–Crippen LogP) is 3.26. The third-order valence-electron chi connectivity index (χ3n) is 5.36. The molecule has 1 aliphatic rings. The van der Waals surface area contributed by atoms with Gasteiger partial charge < -0.3 is 13.9 Å². The van der Waals surface area contributed by atoms with Gasteiger partial charge in [-0.15, -0.1) is 0 Å². The lowest BCUT2D eigenvalue weighted by atomic mass is 10.2. The van der Waals surface area contributed by atoms with E-state index in [1.807, 2.05) is 43.1 Å². The first kappa shape index (κ1) is 22.9. The molecule has 0 radical (unpaired) electrons. The second-order valence-electron chi connectivity index (χ2n) is 7.83. The maximum absolute atomic E-state index is 13.0. The fourth-order valence-electron chi connectivity index (χ4n) is 3.61. The van der Waals surface area contributed by atoms with Gasteiger partial charge in [-0.05, 0) is 62.1 Å². The summed E-state index contributed by atoms with van der Waals surface area (Å²) in [7, 11) is -1.65. The topological polar surface area (TPSA) is 77.2 Å². The lowest BCUT2D eigenvalue weighted by molar-refractivity contribution is 0.0730. The third-order valence-corrected chi connectivity index (χ3v) is 7.56. The molecule has 32 heavy (non-hydrogen) atoms. The number of ether oxygens (including phenoxy) is 2. The van der Waals surface area contributed by atoms with Gasteiger partial charge in [0, 0.05) is 19.6 Å². The van der Waals surface area contributed by atoms with Crippen LogP contribution in [0.4, 0.5) is 0 Å². The molecule has 3 aromatic rings. The van der Waals surface area contributed by atoms with Crippen LogP contribution in [-0.4, -0.2) is 68.7 Å². The van der Waals surface area contributed by atoms with Gasteiger partial charge >= 0.3 is 0 Å². The van der Waals surface area contributed by atoms with E-state index in [0.29, 0.717) is 62.1 Å². The van der Waals surface area contributed by atoms with E-state index in [2.05, 4.69) is 0 Å². The number of aromatic nitrogens is 1. The number of hydrogen-bond donors (Lipinski definition) is 0. The molecule has 0 spiro atoms. The highest BCUT2D eigenvalue weighted by molar-refractivity contribution is 7.89. The lowest BCUT2D eigenvalue weighted by Crippen LogP contribution is -2.40. The number of fused-ring (bicyclic) bond motifs is 1. The van der Waals surface area contributed by atoms with Gasteiger partial charge in [0.2, 0.25) is 10.0 Å². The first-order valence-corrected chi connectivity index (χ1v) is 12.3. The number of oxazole rings is 1. The number of aryl methyl sites for hydroxylation is 1. The van der Waals surface area contributed by atoms with Crippen molar-refractivity contribution in [3.05, 3.63) is 52.9 Å². The first-order valence-electron chi connectivity index (χ1n) is 10.4. The van der Waals surface area contributed by atoms with Crippen LogP contribution in [0.25, 0.3) is 11.1 Å². The Balaban J connectivity index is 1.49. The van der Waals surface area contributed by atoms with Crippen LogP contribution in [0.15, 0.2) is 51.8 Å². The minimum atomic E-state index is -3.61. The molecule has 1 saturated heterocycles. The molecule has 8 nitrogen and oxygen atoms in total. The van der Waals surface area contributed by atoms with Crippen LogP contribution in [0.3, 0.4) is 0 Å². The molecule has 0 amide bonds. The summed E-state index contributed by atoms with van der Waals surface area (Å²) in [6, 6.07) is 12.8. The second kappa shape index (κ2) is 9.72. The Labute approximate surface area is 193 Å². The molecule has 172 valence electrons. The number of benzene rings is 2. The van der Waals surface area contributed by atoms with Crippen LogP contribution in [0.1, 0.15) is 5.56 Å². The average Bonchev–Trinajstić information content (AvgIpc) is 3.09. The highest BCUT2D eigenvalue weighted by Gasteiger charge is 2.27. The molecule has 0 unspecified atom stereocenters. The summed E-state index contributed by atoms with van der Waals surface area (Å²) in [5.41, 5.74) is 2.35. The Kier molecular flexibility index (Phi) is 6.96. The number of sulfonamides is 1. The van der Waals surface area contributed by atoms with Gasteiger partial charge in [0.25, 0.3) is 4.84 Å². The van der Waals surface area contributed by atoms with Crippen molar-refractivity contribution in [1.29, 1.82) is 0 Å². The number of rotatable bonds is 8. The highest BCUT2D eigenvalue weighted by atomic mass is 32.2. The summed E-state index contributed by atoms with van der Waals surface area (Å²) in [6.07, 6.45) is 0. The Morgan fingerprint density at radius 1 is 1.16 bits per heavy atom. The summed E-state index contributed by atoms with van der Waals surface area (Å²) >= 11 is 5.40. The zero-order valence-corrected chi connectivity index (χ0v) is 19.8. The van der Waals surface area contributed by atoms with Gasteiger partial charge in [-0.2, -0.15) is 4.31 Å². The number of hydrogen-bond acceptors (Lipinski definition) is 7. The minimum Gasteiger partial charge on any atom is -0.492 e. The maximum atomic E-state index is 13.0. The molecule has 1 fully saturated rings. The van der Waals surface area contributed by atoms with Crippen LogP contribution < -0.4 is 4.74 Å². The summed E-state index contributed by atoms with van der Waals surface area (Å²) in [4.78, 5) is 2.57. The van der Waals surface area contributed by atoms with Crippen LogP contribution in [-0.2, 0) is 21.4 Å². The Morgan fingerprint density at radius 2 is 1.94 bits per heavy atom. The molecular formula is C22H27N3O5S2. The van der Waals surface area contributed by atoms with Gasteiger partial charge in [0.05, 0.1) is 30.3 Å². The average molecular weight is 478 g/mol. The van der Waals surface area contributed by atoms with Gasteiger partial charge in [0.15, 0.2) is 5.58 Å². The smallest absolute Gasteiger partial charge is 0.270 e. The fourth-order valence-corrected chi connectivity index (χ4v) is 5.28. The molecule has 0 saturated carbocycles. The zero-order valence-electron chi connectivity index (χ0n) is 18.2. The molecule has 4 rings (SSSR count). The van der Waals surface area contributed by atoms with E-state index in [-0.39, 0.29) is 4.90 Å². The molecule has 0 bridgehead atoms. The van der Waals surface area contributed by atoms with E-state index < -0.39 is 10.0 Å². The summed E-state index contributed by atoms with van der Waals surface area (Å²) < 4.78 is 46.1. The number of likely N-dealkylation sites (N-methyl/N-ethyl adjacent to an activating group) is 1. The van der Waals surface area contributed by atoms with Gasteiger partial charge in [-0.25, -0.2) is 8.42 Å². The summed E-state index contributed by atoms with van der Waals surface area (Å²) in [5, 5.41) is 0. The number of nitrogens with zero attached hydrogens (tertiary/aromatic N) is 3. The van der Waals surface area contributed by atoms with Gasteiger partial charge in [-0.1, -0.05) is 12.1 Å². The zero-order chi connectivity index (χ0) is 22.7. The van der Waals surface area contributed by atoms with Crippen molar-refractivity contribution in [2.45, 2.75) is 18.5 Å². The van der Waals surface area contributed by atoms with Crippen molar-refractivity contribution in [3.8, 4) is 5.75 Å². The van der Waals surface area contributed by atoms with E-state index in [4.69, 9.17) is 26.1 Å². The molecule has 0 atom stereocenters. The molecule has 0 N–H and O–H groups in total. The monoisotopic (exact) mass is 477 g/mol. The van der Waals surface area contributed by atoms with Crippen molar-refractivity contribution >= 4 is 33.3 Å². The molecule has 2 aromatic carbocycles. The van der Waals surface area contributed by atoms with Crippen molar-refractivity contribution in [2.24, 2.45) is 0 Å². The summed E-state index contributed by atoms with van der Waals surface area (Å²) in [5.74, 6) is 0.835. The quantitative estimate of drug-likeness (QED) is 0.461. The van der Waals surface area contributed by atoms with Gasteiger partial charge in [-0.3, -0.25) is 9.47 Å². The normalized spacial score (nSPS) is 15.5. The van der Waals surface area contributed by atoms with Crippen LogP contribution in [0.2, 0.25) is 0 Å². The van der Waals surface area contributed by atoms with E-state index in [0.717, 1.165) is 11.3 Å². The van der Waals surface area contributed by atoms with E-state index in [1.54, 1.807) is 22.8 Å². The minimum absolute atomic E-state index is 0.224.